The maximum Gasteiger partial charge on any atom is 0.192 e. The van der Waals surface area contributed by atoms with Gasteiger partial charge in [-0.3, -0.25) is 0 Å². The summed E-state index contributed by atoms with van der Waals surface area (Å²) in [5, 5.41) is 0.611. The van der Waals surface area contributed by atoms with Crippen LogP contribution in [0.2, 0.25) is 72.5 Å². The lowest BCUT2D eigenvalue weighted by Crippen LogP contribution is -2.51. The maximum absolute atomic E-state index is 7.23. The summed E-state index contributed by atoms with van der Waals surface area (Å²) in [7, 11) is -7.87. The van der Waals surface area contributed by atoms with E-state index in [9.17, 15) is 0 Å². The number of hydrogen-bond donors (Lipinski definition) is 0. The molecule has 0 rings (SSSR count). The zero-order valence-electron chi connectivity index (χ0n) is 30.6. The Kier molecular flexibility index (Phi) is 14.8. The van der Waals surface area contributed by atoms with Crippen molar-refractivity contribution < 1.29 is 17.7 Å². The zero-order chi connectivity index (χ0) is 32.4. The average Bonchev–Trinajstić information content (AvgIpc) is 2.67. The number of halogens is 1. The quantitative estimate of drug-likeness (QED) is 0.101. The molecule has 0 spiro atoms. The molecule has 0 fully saturated rings. The summed E-state index contributed by atoms with van der Waals surface area (Å²) < 4.78 is 29.2. The Morgan fingerprint density at radius 1 is 0.450 bits per heavy atom. The lowest BCUT2D eigenvalue weighted by molar-refractivity contribution is 0.0370. The Labute approximate surface area is 269 Å². The molecule has 40 heavy (non-hydrogen) atoms. The Balaban J connectivity index is 6.43. The van der Waals surface area contributed by atoms with Crippen molar-refractivity contribution in [3.8, 4) is 0 Å². The van der Waals surface area contributed by atoms with Gasteiger partial charge in [-0.25, -0.2) is 0 Å². The highest BCUT2D eigenvalue weighted by molar-refractivity contribution is 14.1. The molecule has 0 aliphatic carbocycles. The van der Waals surface area contributed by atoms with E-state index in [1.165, 1.54) is 0 Å². The van der Waals surface area contributed by atoms with Gasteiger partial charge in [-0.05, 0) is 85.4 Å². The summed E-state index contributed by atoms with van der Waals surface area (Å²) in [6.45, 7) is 47.5. The molecule has 0 bridgehead atoms. The van der Waals surface area contributed by atoms with Crippen LogP contribution in [0.3, 0.4) is 0 Å². The SMILES string of the molecule is CC(C)(C)[Si](C)(C)OC[C@H](C[C@H](C[C@H](CI)O[Si](C)(C)C(C)(C)C)O[Si](C)(C)C(C)(C)C)O[Si](C)(C)C(C)(C)C. The highest BCUT2D eigenvalue weighted by Crippen LogP contribution is 2.43. The summed E-state index contributed by atoms with van der Waals surface area (Å²) in [6.07, 6.45) is 2.00. The molecule has 242 valence electrons. The smallest absolute Gasteiger partial charge is 0.192 e. The molecule has 0 aliphatic rings. The van der Waals surface area contributed by atoms with Crippen molar-refractivity contribution in [1.29, 1.82) is 0 Å². The van der Waals surface area contributed by atoms with Gasteiger partial charge >= 0.3 is 0 Å². The van der Waals surface area contributed by atoms with Gasteiger partial charge in [0.15, 0.2) is 33.3 Å². The molecule has 0 saturated carbocycles. The Morgan fingerprint density at radius 2 is 0.725 bits per heavy atom. The molecular formula is C31H71IO4Si4. The van der Waals surface area contributed by atoms with E-state index in [0.29, 0.717) is 6.61 Å². The van der Waals surface area contributed by atoms with Gasteiger partial charge in [0.05, 0.1) is 18.8 Å². The van der Waals surface area contributed by atoms with Gasteiger partial charge in [0, 0.05) is 10.5 Å². The van der Waals surface area contributed by atoms with Crippen molar-refractivity contribution in [2.75, 3.05) is 11.0 Å². The molecule has 4 nitrogen and oxygen atoms in total. The molecule has 0 aromatic heterocycles. The lowest BCUT2D eigenvalue weighted by atomic mass is 10.1. The number of rotatable bonds is 14. The van der Waals surface area contributed by atoms with Crippen LogP contribution in [0.5, 0.6) is 0 Å². The van der Waals surface area contributed by atoms with Gasteiger partial charge < -0.3 is 17.7 Å². The van der Waals surface area contributed by atoms with E-state index in [2.05, 4.69) is 158 Å². The number of hydrogen-bond acceptors (Lipinski definition) is 4. The van der Waals surface area contributed by atoms with Crippen molar-refractivity contribution in [2.45, 2.75) is 187 Å². The first-order valence-corrected chi connectivity index (χ1v) is 28.7. The third-order valence-corrected chi connectivity index (χ3v) is 29.6. The van der Waals surface area contributed by atoms with E-state index in [4.69, 9.17) is 17.7 Å². The second-order valence-electron chi connectivity index (χ2n) is 18.2. The molecule has 0 aromatic rings. The lowest BCUT2D eigenvalue weighted by Gasteiger charge is -2.45. The van der Waals surface area contributed by atoms with Gasteiger partial charge in [-0.1, -0.05) is 106 Å². The first kappa shape index (κ1) is 41.4. The summed E-state index contributed by atoms with van der Waals surface area (Å²) in [4.78, 5) is 0. The van der Waals surface area contributed by atoms with Crippen LogP contribution in [0.4, 0.5) is 0 Å². The minimum atomic E-state index is -2.02. The van der Waals surface area contributed by atoms with Gasteiger partial charge in [-0.15, -0.1) is 0 Å². The molecule has 9 heteroatoms. The Morgan fingerprint density at radius 3 is 1.02 bits per heavy atom. The second kappa shape index (κ2) is 14.2. The largest absolute Gasteiger partial charge is 0.414 e. The van der Waals surface area contributed by atoms with Crippen molar-refractivity contribution >= 4 is 55.9 Å². The van der Waals surface area contributed by atoms with E-state index in [1.807, 2.05) is 0 Å². The van der Waals surface area contributed by atoms with Crippen LogP contribution in [0.15, 0.2) is 0 Å². The van der Waals surface area contributed by atoms with Gasteiger partial charge in [-0.2, -0.15) is 0 Å². The normalized spacial score (nSPS) is 17.6. The molecule has 0 unspecified atom stereocenters. The summed E-state index contributed by atoms with van der Waals surface area (Å²) in [5.74, 6) is 0. The molecule has 0 aromatic carbocycles. The van der Waals surface area contributed by atoms with Crippen LogP contribution in [0, 0.1) is 0 Å². The predicted molar refractivity (Wildman–Crippen MR) is 197 cm³/mol. The van der Waals surface area contributed by atoms with Crippen molar-refractivity contribution in [1.82, 2.24) is 0 Å². The standard InChI is InChI=1S/C31H71IO4Si4/c1-28(2,3)37(13,14)33-24-27(36-40(19,20)31(10,11)12)22-25(34-38(15,16)29(4,5)6)21-26(23-32)35-39(17,18)30(7,8)9/h25-27H,21-24H2,1-20H3/t25-,26+,27-/m0/s1. The first-order chi connectivity index (χ1) is 17.3. The topological polar surface area (TPSA) is 36.9 Å². The third-order valence-electron chi connectivity index (χ3n) is 10.5. The zero-order valence-corrected chi connectivity index (χ0v) is 36.7. The van der Waals surface area contributed by atoms with Crippen LogP contribution < -0.4 is 0 Å². The van der Waals surface area contributed by atoms with Crippen LogP contribution >= 0.6 is 22.6 Å². The minimum absolute atomic E-state index is 0.00696. The highest BCUT2D eigenvalue weighted by Gasteiger charge is 2.45. The van der Waals surface area contributed by atoms with Gasteiger partial charge in [0.1, 0.15) is 0 Å². The van der Waals surface area contributed by atoms with Crippen molar-refractivity contribution in [2.24, 2.45) is 0 Å². The van der Waals surface area contributed by atoms with Crippen LogP contribution in [-0.4, -0.2) is 62.6 Å². The summed E-state index contributed by atoms with van der Waals surface area (Å²) in [6, 6.07) is 0. The fraction of sp³-hybridized carbons (Fsp3) is 1.00. The molecule has 0 amide bonds. The molecular weight excluding hydrogens is 676 g/mol. The van der Waals surface area contributed by atoms with E-state index >= 15 is 0 Å². The number of alkyl halides is 1. The molecule has 3 atom stereocenters. The first-order valence-electron chi connectivity index (χ1n) is 15.5. The third kappa shape index (κ3) is 12.4. The van der Waals surface area contributed by atoms with Gasteiger partial charge in [0.2, 0.25) is 0 Å². The second-order valence-corrected chi connectivity index (χ2v) is 38.2. The minimum Gasteiger partial charge on any atom is -0.414 e. The Bertz CT molecular complexity index is 772. The highest BCUT2D eigenvalue weighted by atomic mass is 127. The summed E-state index contributed by atoms with van der Waals surface area (Å²) in [5.41, 5.74) is 0. The van der Waals surface area contributed by atoms with Crippen LogP contribution in [-0.2, 0) is 17.7 Å². The fourth-order valence-corrected chi connectivity index (χ4v) is 9.38. The maximum atomic E-state index is 7.23. The van der Waals surface area contributed by atoms with Gasteiger partial charge in [0.25, 0.3) is 0 Å². The molecule has 0 N–H and O–H groups in total. The molecule has 0 aliphatic heterocycles. The van der Waals surface area contributed by atoms with E-state index in [1.54, 1.807) is 0 Å². The average molecular weight is 747 g/mol. The Hall–Kier alpha value is 1.44. The van der Waals surface area contributed by atoms with Crippen LogP contribution in [0.1, 0.15) is 95.9 Å². The molecule has 0 heterocycles. The monoisotopic (exact) mass is 746 g/mol. The predicted octanol–water partition coefficient (Wildman–Crippen LogP) is 11.4. The van der Waals surface area contributed by atoms with Crippen molar-refractivity contribution in [3.63, 3.8) is 0 Å². The van der Waals surface area contributed by atoms with E-state index in [-0.39, 0.29) is 38.5 Å². The van der Waals surface area contributed by atoms with E-state index < -0.39 is 33.3 Å². The molecule has 0 radical (unpaired) electrons. The van der Waals surface area contributed by atoms with Crippen LogP contribution in [0.25, 0.3) is 0 Å². The van der Waals surface area contributed by atoms with Crippen molar-refractivity contribution in [3.05, 3.63) is 0 Å². The summed E-state index contributed by atoms with van der Waals surface area (Å²) >= 11 is 2.52. The van der Waals surface area contributed by atoms with E-state index in [0.717, 1.165) is 17.3 Å². The molecule has 0 saturated heterocycles. The fourth-order valence-electron chi connectivity index (χ4n) is 3.37.